The first-order valence-electron chi connectivity index (χ1n) is 16.2. The quantitative estimate of drug-likeness (QED) is 0.170. The average molecular weight is 617 g/mol. The number of hydrogen-bond acceptors (Lipinski definition) is 6. The first-order valence-corrected chi connectivity index (χ1v) is 16.2. The van der Waals surface area contributed by atoms with Gasteiger partial charge in [0.25, 0.3) is 5.91 Å². The van der Waals surface area contributed by atoms with E-state index in [1.165, 1.54) is 19.4 Å². The number of amides is 3. The van der Waals surface area contributed by atoms with Crippen LogP contribution in [0.3, 0.4) is 0 Å². The van der Waals surface area contributed by atoms with E-state index in [-0.39, 0.29) is 24.1 Å². The summed E-state index contributed by atoms with van der Waals surface area (Å²) in [6, 6.07) is 17.8. The lowest BCUT2D eigenvalue weighted by Gasteiger charge is -2.32. The molecule has 1 saturated heterocycles. The number of ether oxygens (including phenoxy) is 3. The molecule has 0 unspecified atom stereocenters. The summed E-state index contributed by atoms with van der Waals surface area (Å²) in [5.41, 5.74) is 2.76. The van der Waals surface area contributed by atoms with Crippen molar-refractivity contribution in [3.05, 3.63) is 71.8 Å². The number of urea groups is 1. The number of unbranched alkanes of at least 4 members (excludes halogenated alkanes) is 1. The van der Waals surface area contributed by atoms with Gasteiger partial charge in [-0.15, -0.1) is 0 Å². The van der Waals surface area contributed by atoms with E-state index in [0.29, 0.717) is 34.2 Å². The fraction of sp³-hybridized carbons (Fsp3) is 0.444. The van der Waals surface area contributed by atoms with Crippen molar-refractivity contribution in [2.75, 3.05) is 37.4 Å². The first-order chi connectivity index (χ1) is 21.8. The van der Waals surface area contributed by atoms with E-state index in [9.17, 15) is 9.59 Å². The minimum atomic E-state index is -0.259. The molecule has 3 aromatic rings. The van der Waals surface area contributed by atoms with Gasteiger partial charge in [-0.1, -0.05) is 27.2 Å². The van der Waals surface area contributed by atoms with Crippen LogP contribution in [0.1, 0.15) is 75.2 Å². The maximum atomic E-state index is 13.0. The Labute approximate surface area is 267 Å². The predicted molar refractivity (Wildman–Crippen MR) is 180 cm³/mol. The molecular formula is C36H48N4O5. The maximum absolute atomic E-state index is 13.0. The van der Waals surface area contributed by atoms with E-state index in [4.69, 9.17) is 14.2 Å². The van der Waals surface area contributed by atoms with Crippen LogP contribution in [-0.4, -0.2) is 55.7 Å². The minimum Gasteiger partial charge on any atom is -0.493 e. The van der Waals surface area contributed by atoms with Gasteiger partial charge in [-0.3, -0.25) is 4.79 Å². The zero-order valence-electron chi connectivity index (χ0n) is 27.3. The number of methoxy groups -OCH3 is 1. The summed E-state index contributed by atoms with van der Waals surface area (Å²) in [4.78, 5) is 27.9. The molecule has 0 spiro atoms. The van der Waals surface area contributed by atoms with E-state index < -0.39 is 0 Å². The van der Waals surface area contributed by atoms with E-state index in [1.54, 1.807) is 49.6 Å². The van der Waals surface area contributed by atoms with Crippen LogP contribution in [0, 0.1) is 6.92 Å². The number of piperidine rings is 1. The highest BCUT2D eigenvalue weighted by Gasteiger charge is 2.21. The van der Waals surface area contributed by atoms with Crippen molar-refractivity contribution in [2.24, 2.45) is 0 Å². The number of benzene rings is 3. The zero-order chi connectivity index (χ0) is 32.2. The zero-order valence-corrected chi connectivity index (χ0v) is 27.3. The highest BCUT2D eigenvalue weighted by atomic mass is 16.5. The Balaban J connectivity index is 1.30. The summed E-state index contributed by atoms with van der Waals surface area (Å²) in [6.07, 6.45) is 6.46. The number of aryl methyl sites for hydroxylation is 1. The SMILES string of the molecule is CCCCN1CCC(Oc2ccc(C(=O)Nc3ccc(Oc4ccc(NC(=O)NC(CC)CC)cc4OC)cc3)cc2C)CC1. The van der Waals surface area contributed by atoms with Crippen LogP contribution in [0.5, 0.6) is 23.0 Å². The fourth-order valence-corrected chi connectivity index (χ4v) is 5.35. The fourth-order valence-electron chi connectivity index (χ4n) is 5.35. The second-order valence-corrected chi connectivity index (χ2v) is 11.6. The van der Waals surface area contributed by atoms with Gasteiger partial charge in [-0.2, -0.15) is 0 Å². The van der Waals surface area contributed by atoms with Gasteiger partial charge in [0, 0.05) is 42.1 Å². The van der Waals surface area contributed by atoms with Crippen LogP contribution in [0.15, 0.2) is 60.7 Å². The molecular weight excluding hydrogens is 568 g/mol. The largest absolute Gasteiger partial charge is 0.493 e. The lowest BCUT2D eigenvalue weighted by atomic mass is 10.1. The van der Waals surface area contributed by atoms with Gasteiger partial charge in [0.15, 0.2) is 11.5 Å². The van der Waals surface area contributed by atoms with E-state index in [2.05, 4.69) is 27.8 Å². The maximum Gasteiger partial charge on any atom is 0.319 e. The van der Waals surface area contributed by atoms with Crippen LogP contribution in [0.2, 0.25) is 0 Å². The third kappa shape index (κ3) is 9.88. The molecule has 9 nitrogen and oxygen atoms in total. The third-order valence-electron chi connectivity index (χ3n) is 8.18. The Morgan fingerprint density at radius 3 is 2.20 bits per heavy atom. The van der Waals surface area contributed by atoms with Crippen molar-refractivity contribution >= 4 is 23.3 Å². The summed E-state index contributed by atoms with van der Waals surface area (Å²) in [5.74, 6) is 2.20. The first kappa shape index (κ1) is 33.6. The normalized spacial score (nSPS) is 13.7. The molecule has 4 rings (SSSR count). The van der Waals surface area contributed by atoms with Gasteiger partial charge < -0.3 is 35.1 Å². The summed E-state index contributed by atoms with van der Waals surface area (Å²) < 4.78 is 17.9. The van der Waals surface area contributed by atoms with Gasteiger partial charge in [-0.25, -0.2) is 4.79 Å². The third-order valence-corrected chi connectivity index (χ3v) is 8.18. The lowest BCUT2D eigenvalue weighted by Crippen LogP contribution is -2.38. The van der Waals surface area contributed by atoms with Crippen LogP contribution in [0.4, 0.5) is 16.2 Å². The molecule has 3 aromatic carbocycles. The molecule has 3 N–H and O–H groups in total. The molecule has 1 aliphatic heterocycles. The molecule has 1 heterocycles. The monoisotopic (exact) mass is 616 g/mol. The van der Waals surface area contributed by atoms with Crippen molar-refractivity contribution in [3.63, 3.8) is 0 Å². The van der Waals surface area contributed by atoms with Crippen molar-refractivity contribution < 1.29 is 23.8 Å². The Bertz CT molecular complexity index is 1400. The Morgan fingerprint density at radius 2 is 1.56 bits per heavy atom. The second-order valence-electron chi connectivity index (χ2n) is 11.6. The van der Waals surface area contributed by atoms with E-state index in [1.807, 2.05) is 39.0 Å². The summed E-state index contributed by atoms with van der Waals surface area (Å²) in [7, 11) is 1.55. The van der Waals surface area contributed by atoms with Gasteiger partial charge in [0.2, 0.25) is 0 Å². The smallest absolute Gasteiger partial charge is 0.319 e. The number of nitrogens with zero attached hydrogens (tertiary/aromatic N) is 1. The predicted octanol–water partition coefficient (Wildman–Crippen LogP) is 8.00. The molecule has 0 bridgehead atoms. The van der Waals surface area contributed by atoms with Gasteiger partial charge in [0.05, 0.1) is 7.11 Å². The molecule has 9 heteroatoms. The molecule has 3 amide bonds. The molecule has 0 aliphatic carbocycles. The second kappa shape index (κ2) is 16.7. The minimum absolute atomic E-state index is 0.125. The molecule has 0 saturated carbocycles. The van der Waals surface area contributed by atoms with E-state index in [0.717, 1.165) is 50.1 Å². The summed E-state index contributed by atoms with van der Waals surface area (Å²) >= 11 is 0. The highest BCUT2D eigenvalue weighted by Crippen LogP contribution is 2.34. The van der Waals surface area contributed by atoms with Crippen molar-refractivity contribution in [1.82, 2.24) is 10.2 Å². The molecule has 45 heavy (non-hydrogen) atoms. The Hall–Kier alpha value is -4.24. The van der Waals surface area contributed by atoms with E-state index >= 15 is 0 Å². The molecule has 0 aromatic heterocycles. The van der Waals surface area contributed by atoms with Crippen LogP contribution < -0.4 is 30.2 Å². The van der Waals surface area contributed by atoms with Gasteiger partial charge in [-0.05, 0) is 106 Å². The lowest BCUT2D eigenvalue weighted by molar-refractivity contribution is 0.0991. The topological polar surface area (TPSA) is 101 Å². The number of carbonyl (C=O) groups is 2. The number of nitrogens with one attached hydrogen (secondary N) is 3. The van der Waals surface area contributed by atoms with Crippen molar-refractivity contribution in [1.29, 1.82) is 0 Å². The number of anilines is 2. The standard InChI is InChI=1S/C36H48N4O5/c1-6-9-20-40-21-18-31(19-22-40)44-32-16-10-26(23-25(32)4)35(41)37-28-11-14-30(15-12-28)45-33-17-13-29(24-34(33)43-5)39-36(42)38-27(7-2)8-3/h10-17,23-24,27,31H,6-9,18-22H2,1-5H3,(H,37,41)(H2,38,39,42). The molecule has 0 atom stereocenters. The van der Waals surface area contributed by atoms with Crippen LogP contribution >= 0.6 is 0 Å². The molecule has 0 radical (unpaired) electrons. The van der Waals surface area contributed by atoms with Crippen LogP contribution in [-0.2, 0) is 0 Å². The Morgan fingerprint density at radius 1 is 0.867 bits per heavy atom. The number of rotatable bonds is 14. The number of likely N-dealkylation sites (tertiary alicyclic amines) is 1. The van der Waals surface area contributed by atoms with Crippen molar-refractivity contribution in [2.45, 2.75) is 78.4 Å². The number of carbonyl (C=O) groups excluding carboxylic acids is 2. The average Bonchev–Trinajstić information content (AvgIpc) is 3.05. The molecule has 1 aliphatic rings. The molecule has 1 fully saturated rings. The molecule has 242 valence electrons. The van der Waals surface area contributed by atoms with Crippen LogP contribution in [0.25, 0.3) is 0 Å². The Kier molecular flexibility index (Phi) is 12.5. The van der Waals surface area contributed by atoms with Gasteiger partial charge >= 0.3 is 6.03 Å². The highest BCUT2D eigenvalue weighted by molar-refractivity contribution is 6.04. The summed E-state index contributed by atoms with van der Waals surface area (Å²) in [5, 5.41) is 8.75. The van der Waals surface area contributed by atoms with Gasteiger partial charge in [0.1, 0.15) is 17.6 Å². The number of hydrogen-bond donors (Lipinski definition) is 3. The van der Waals surface area contributed by atoms with Crippen molar-refractivity contribution in [3.8, 4) is 23.0 Å². The summed E-state index contributed by atoms with van der Waals surface area (Å²) in [6.45, 7) is 11.6.